The minimum atomic E-state index is -0.501. The van der Waals surface area contributed by atoms with Crippen molar-refractivity contribution in [1.82, 2.24) is 9.80 Å². The number of amides is 3. The molecule has 3 rings (SSSR count). The van der Waals surface area contributed by atoms with Gasteiger partial charge in [-0.3, -0.25) is 19.3 Å². The van der Waals surface area contributed by atoms with Crippen molar-refractivity contribution in [2.75, 3.05) is 13.6 Å². The molecular weight excluding hydrogens is 256 g/mol. The van der Waals surface area contributed by atoms with Gasteiger partial charge >= 0.3 is 0 Å². The Morgan fingerprint density at radius 2 is 1.85 bits per heavy atom. The third-order valence-corrected chi connectivity index (χ3v) is 4.13. The maximum absolute atomic E-state index is 12.5. The van der Waals surface area contributed by atoms with Crippen molar-refractivity contribution >= 4 is 17.7 Å². The predicted octanol–water partition coefficient (Wildman–Crippen LogP) is 0.832. The third-order valence-electron chi connectivity index (χ3n) is 4.13. The molecule has 1 unspecified atom stereocenters. The largest absolute Gasteiger partial charge is 0.326 e. The number of likely N-dealkylation sites (tertiary alicyclic amines) is 1. The lowest BCUT2D eigenvalue weighted by molar-refractivity contribution is -0.150. The van der Waals surface area contributed by atoms with E-state index >= 15 is 0 Å². The Balaban J connectivity index is 1.88. The number of fused-ring (bicyclic) bond motifs is 1. The zero-order valence-electron chi connectivity index (χ0n) is 11.3. The van der Waals surface area contributed by atoms with Crippen LogP contribution in [0.1, 0.15) is 28.8 Å². The quantitative estimate of drug-likeness (QED) is 0.712. The van der Waals surface area contributed by atoms with Gasteiger partial charge in [-0.15, -0.1) is 0 Å². The molecule has 2 heterocycles. The molecule has 3 amide bonds. The highest BCUT2D eigenvalue weighted by molar-refractivity contribution is 6.04. The standard InChI is InChI=1S/C15H16N2O3/c1-16-13(18)7-6-12(15(16)20)17-9-8-10-4-2-3-5-11(10)14(17)19/h2-5,12H,6-9H2,1H3. The molecule has 104 valence electrons. The summed E-state index contributed by atoms with van der Waals surface area (Å²) in [5.74, 6) is -0.543. The Hall–Kier alpha value is -2.17. The fraction of sp³-hybridized carbons (Fsp3) is 0.400. The van der Waals surface area contributed by atoms with Crippen molar-refractivity contribution in [3.63, 3.8) is 0 Å². The summed E-state index contributed by atoms with van der Waals surface area (Å²) in [6, 6.07) is 6.99. The van der Waals surface area contributed by atoms with Crippen molar-refractivity contribution in [2.45, 2.75) is 25.3 Å². The molecule has 0 aliphatic carbocycles. The second kappa shape index (κ2) is 4.74. The molecule has 1 aromatic rings. The van der Waals surface area contributed by atoms with Crippen LogP contribution in [-0.2, 0) is 16.0 Å². The van der Waals surface area contributed by atoms with Crippen LogP contribution in [0.15, 0.2) is 24.3 Å². The summed E-state index contributed by atoms with van der Waals surface area (Å²) in [4.78, 5) is 39.0. The van der Waals surface area contributed by atoms with E-state index in [2.05, 4.69) is 0 Å². The highest BCUT2D eigenvalue weighted by atomic mass is 16.2. The molecule has 1 fully saturated rings. The molecule has 2 aliphatic heterocycles. The van der Waals surface area contributed by atoms with Gasteiger partial charge in [-0.2, -0.15) is 0 Å². The number of hydrogen-bond donors (Lipinski definition) is 0. The average Bonchev–Trinajstić information content (AvgIpc) is 2.47. The topological polar surface area (TPSA) is 57.7 Å². The Kier molecular flexibility index (Phi) is 3.04. The number of nitrogens with zero attached hydrogens (tertiary/aromatic N) is 2. The van der Waals surface area contributed by atoms with Crippen LogP contribution in [-0.4, -0.2) is 47.2 Å². The van der Waals surface area contributed by atoms with E-state index < -0.39 is 6.04 Å². The van der Waals surface area contributed by atoms with Gasteiger partial charge in [0.1, 0.15) is 6.04 Å². The Bertz CT molecular complexity index is 597. The molecule has 0 saturated carbocycles. The lowest BCUT2D eigenvalue weighted by Crippen LogP contribution is -2.56. The van der Waals surface area contributed by atoms with Crippen LogP contribution in [0.25, 0.3) is 0 Å². The predicted molar refractivity (Wildman–Crippen MR) is 72.0 cm³/mol. The molecule has 0 spiro atoms. The number of likely N-dealkylation sites (N-methyl/N-ethyl adjacent to an activating group) is 1. The minimum Gasteiger partial charge on any atom is -0.326 e. The lowest BCUT2D eigenvalue weighted by atomic mass is 9.95. The maximum atomic E-state index is 12.5. The van der Waals surface area contributed by atoms with Gasteiger partial charge in [0.2, 0.25) is 5.91 Å². The van der Waals surface area contributed by atoms with E-state index in [4.69, 9.17) is 0 Å². The monoisotopic (exact) mass is 272 g/mol. The fourth-order valence-corrected chi connectivity index (χ4v) is 2.93. The third kappa shape index (κ3) is 1.90. The van der Waals surface area contributed by atoms with Crippen LogP contribution in [0.4, 0.5) is 0 Å². The molecule has 1 saturated heterocycles. The number of hydrogen-bond acceptors (Lipinski definition) is 3. The zero-order chi connectivity index (χ0) is 14.3. The normalized spacial score (nSPS) is 23.1. The van der Waals surface area contributed by atoms with E-state index in [0.29, 0.717) is 24.9 Å². The number of benzene rings is 1. The van der Waals surface area contributed by atoms with Gasteiger partial charge < -0.3 is 4.90 Å². The number of piperidine rings is 1. The summed E-state index contributed by atoms with van der Waals surface area (Å²) >= 11 is 0. The second-order valence-corrected chi connectivity index (χ2v) is 5.25. The first-order valence-corrected chi connectivity index (χ1v) is 6.79. The molecule has 2 aliphatic rings. The number of carbonyl (C=O) groups is 3. The van der Waals surface area contributed by atoms with Gasteiger partial charge in [0.25, 0.3) is 11.8 Å². The van der Waals surface area contributed by atoms with Crippen LogP contribution in [0, 0.1) is 0 Å². The van der Waals surface area contributed by atoms with Crippen LogP contribution < -0.4 is 0 Å². The first-order chi connectivity index (χ1) is 9.59. The lowest BCUT2D eigenvalue weighted by Gasteiger charge is -2.38. The molecule has 0 radical (unpaired) electrons. The molecule has 5 nitrogen and oxygen atoms in total. The van der Waals surface area contributed by atoms with E-state index in [9.17, 15) is 14.4 Å². The first-order valence-electron chi connectivity index (χ1n) is 6.79. The number of carbonyl (C=O) groups excluding carboxylic acids is 3. The Morgan fingerprint density at radius 3 is 2.65 bits per heavy atom. The molecular formula is C15H16N2O3. The molecule has 20 heavy (non-hydrogen) atoms. The van der Waals surface area contributed by atoms with E-state index in [-0.39, 0.29) is 17.7 Å². The summed E-state index contributed by atoms with van der Waals surface area (Å²) < 4.78 is 0. The Morgan fingerprint density at radius 1 is 1.10 bits per heavy atom. The zero-order valence-corrected chi connectivity index (χ0v) is 11.3. The van der Waals surface area contributed by atoms with Crippen molar-refractivity contribution in [2.24, 2.45) is 0 Å². The summed E-state index contributed by atoms with van der Waals surface area (Å²) in [7, 11) is 1.49. The van der Waals surface area contributed by atoms with Gasteiger partial charge in [0, 0.05) is 25.6 Å². The van der Waals surface area contributed by atoms with Crippen molar-refractivity contribution in [3.05, 3.63) is 35.4 Å². The van der Waals surface area contributed by atoms with Crippen LogP contribution >= 0.6 is 0 Å². The molecule has 0 aromatic heterocycles. The van der Waals surface area contributed by atoms with Crippen molar-refractivity contribution < 1.29 is 14.4 Å². The van der Waals surface area contributed by atoms with E-state index in [0.717, 1.165) is 16.9 Å². The molecule has 0 N–H and O–H groups in total. The van der Waals surface area contributed by atoms with E-state index in [1.165, 1.54) is 7.05 Å². The first kappa shape index (κ1) is 12.8. The van der Waals surface area contributed by atoms with E-state index in [1.54, 1.807) is 11.0 Å². The van der Waals surface area contributed by atoms with Crippen molar-refractivity contribution in [3.8, 4) is 0 Å². The second-order valence-electron chi connectivity index (χ2n) is 5.25. The fourth-order valence-electron chi connectivity index (χ4n) is 2.93. The van der Waals surface area contributed by atoms with Crippen LogP contribution in [0.5, 0.6) is 0 Å². The SMILES string of the molecule is CN1C(=O)CCC(N2CCc3ccccc3C2=O)C1=O. The Labute approximate surface area is 117 Å². The van der Waals surface area contributed by atoms with Gasteiger partial charge in [-0.05, 0) is 24.5 Å². The van der Waals surface area contributed by atoms with Gasteiger partial charge in [-0.25, -0.2) is 0 Å². The highest BCUT2D eigenvalue weighted by Crippen LogP contribution is 2.25. The molecule has 1 atom stereocenters. The number of rotatable bonds is 1. The summed E-state index contributed by atoms with van der Waals surface area (Å²) in [5, 5.41) is 0. The van der Waals surface area contributed by atoms with Crippen molar-refractivity contribution in [1.29, 1.82) is 0 Å². The highest BCUT2D eigenvalue weighted by Gasteiger charge is 2.39. The smallest absolute Gasteiger partial charge is 0.254 e. The van der Waals surface area contributed by atoms with Crippen LogP contribution in [0.2, 0.25) is 0 Å². The molecule has 5 heteroatoms. The maximum Gasteiger partial charge on any atom is 0.254 e. The number of imide groups is 1. The molecule has 0 bridgehead atoms. The summed E-state index contributed by atoms with van der Waals surface area (Å²) in [5.41, 5.74) is 1.70. The summed E-state index contributed by atoms with van der Waals surface area (Å²) in [6.45, 7) is 0.536. The average molecular weight is 272 g/mol. The molecule has 1 aromatic carbocycles. The van der Waals surface area contributed by atoms with Crippen LogP contribution in [0.3, 0.4) is 0 Å². The van der Waals surface area contributed by atoms with Gasteiger partial charge in [-0.1, -0.05) is 18.2 Å². The summed E-state index contributed by atoms with van der Waals surface area (Å²) in [6.07, 6.45) is 1.50. The van der Waals surface area contributed by atoms with Gasteiger partial charge in [0.05, 0.1) is 0 Å². The van der Waals surface area contributed by atoms with Gasteiger partial charge in [0.15, 0.2) is 0 Å². The van der Waals surface area contributed by atoms with E-state index in [1.807, 2.05) is 18.2 Å². The minimum absolute atomic E-state index is 0.104.